The van der Waals surface area contributed by atoms with Crippen LogP contribution in [0, 0.1) is 0 Å². The summed E-state index contributed by atoms with van der Waals surface area (Å²) in [6.07, 6.45) is 0.788. The number of methoxy groups -OCH3 is 1. The molecular weight excluding hydrogens is 342 g/mol. The minimum Gasteiger partial charge on any atom is -0.496 e. The van der Waals surface area contributed by atoms with E-state index in [-0.39, 0.29) is 18.4 Å². The van der Waals surface area contributed by atoms with Gasteiger partial charge in [-0.1, -0.05) is 30.3 Å². The number of carbonyl (C=O) groups is 2. The normalized spacial score (nSPS) is 13.3. The number of aromatic amines is 1. The fourth-order valence-corrected chi connectivity index (χ4v) is 3.57. The van der Waals surface area contributed by atoms with E-state index in [4.69, 9.17) is 4.74 Å². The van der Waals surface area contributed by atoms with Crippen LogP contribution in [0.25, 0.3) is 10.9 Å². The highest BCUT2D eigenvalue weighted by molar-refractivity contribution is 5.98. The summed E-state index contributed by atoms with van der Waals surface area (Å²) in [6, 6.07) is 15.1. The predicted molar refractivity (Wildman–Crippen MR) is 103 cm³/mol. The Labute approximate surface area is 157 Å². The van der Waals surface area contributed by atoms with Crippen molar-refractivity contribution in [3.8, 4) is 5.75 Å². The molecule has 0 atom stereocenters. The third-order valence-corrected chi connectivity index (χ3v) is 4.99. The Kier molecular flexibility index (Phi) is 4.54. The summed E-state index contributed by atoms with van der Waals surface area (Å²) >= 11 is 0. The lowest BCUT2D eigenvalue weighted by atomic mass is 10.0. The van der Waals surface area contributed by atoms with E-state index in [1.807, 2.05) is 18.2 Å². The minimum atomic E-state index is -0.314. The van der Waals surface area contributed by atoms with Crippen LogP contribution >= 0.6 is 0 Å². The van der Waals surface area contributed by atoms with Crippen molar-refractivity contribution in [2.24, 2.45) is 0 Å². The van der Waals surface area contributed by atoms with Crippen LogP contribution in [-0.2, 0) is 17.8 Å². The number of aromatic nitrogens is 1. The standard InChI is InChI=1S/C21H21N3O3/c1-27-19-9-5-3-7-15(19)21(26)22-12-20(25)24-11-10-18-16(13-24)14-6-2-4-8-17(14)23-18/h2-9,23H,10-13H2,1H3,(H,22,26). The summed E-state index contributed by atoms with van der Waals surface area (Å²) in [4.78, 5) is 30.2. The molecule has 1 aliphatic heterocycles. The van der Waals surface area contributed by atoms with Gasteiger partial charge >= 0.3 is 0 Å². The maximum atomic E-state index is 12.6. The highest BCUT2D eigenvalue weighted by Gasteiger charge is 2.24. The first kappa shape index (κ1) is 17.1. The quantitative estimate of drug-likeness (QED) is 0.748. The minimum absolute atomic E-state index is 0.0332. The molecule has 0 saturated heterocycles. The SMILES string of the molecule is COc1ccccc1C(=O)NCC(=O)N1CCc2[nH]c3ccccc3c2C1. The first-order chi connectivity index (χ1) is 13.2. The van der Waals surface area contributed by atoms with E-state index in [2.05, 4.69) is 16.4 Å². The van der Waals surface area contributed by atoms with Gasteiger partial charge in [0.05, 0.1) is 19.2 Å². The number of ether oxygens (including phenoxy) is 1. The molecule has 4 rings (SSSR count). The molecule has 2 heterocycles. The molecule has 0 aliphatic carbocycles. The average molecular weight is 363 g/mol. The Bertz CT molecular complexity index is 1010. The number of para-hydroxylation sites is 2. The second kappa shape index (κ2) is 7.15. The molecule has 2 aromatic carbocycles. The fourth-order valence-electron chi connectivity index (χ4n) is 3.57. The third-order valence-electron chi connectivity index (χ3n) is 4.99. The molecule has 1 aliphatic rings. The van der Waals surface area contributed by atoms with Gasteiger partial charge in [-0.2, -0.15) is 0 Å². The molecule has 0 saturated carbocycles. The van der Waals surface area contributed by atoms with Gasteiger partial charge in [-0.15, -0.1) is 0 Å². The molecule has 0 spiro atoms. The number of rotatable bonds is 4. The molecule has 6 nitrogen and oxygen atoms in total. The van der Waals surface area contributed by atoms with E-state index >= 15 is 0 Å². The number of fused-ring (bicyclic) bond motifs is 3. The van der Waals surface area contributed by atoms with E-state index < -0.39 is 0 Å². The number of nitrogens with one attached hydrogen (secondary N) is 2. The largest absolute Gasteiger partial charge is 0.496 e. The van der Waals surface area contributed by atoms with Crippen LogP contribution < -0.4 is 10.1 Å². The molecule has 2 N–H and O–H groups in total. The fraction of sp³-hybridized carbons (Fsp3) is 0.238. The van der Waals surface area contributed by atoms with Crippen LogP contribution in [-0.4, -0.2) is 41.9 Å². The number of benzene rings is 2. The van der Waals surface area contributed by atoms with Crippen LogP contribution in [0.1, 0.15) is 21.6 Å². The third kappa shape index (κ3) is 3.26. The smallest absolute Gasteiger partial charge is 0.255 e. The Morgan fingerprint density at radius 2 is 1.93 bits per heavy atom. The molecule has 27 heavy (non-hydrogen) atoms. The maximum absolute atomic E-state index is 12.6. The Hall–Kier alpha value is -3.28. The zero-order valence-corrected chi connectivity index (χ0v) is 15.1. The van der Waals surface area contributed by atoms with Crippen molar-refractivity contribution < 1.29 is 14.3 Å². The maximum Gasteiger partial charge on any atom is 0.255 e. The van der Waals surface area contributed by atoms with E-state index in [9.17, 15) is 9.59 Å². The first-order valence-corrected chi connectivity index (χ1v) is 8.95. The predicted octanol–water partition coefficient (Wildman–Crippen LogP) is 2.49. The van der Waals surface area contributed by atoms with Crippen molar-refractivity contribution in [1.82, 2.24) is 15.2 Å². The molecule has 0 radical (unpaired) electrons. The average Bonchev–Trinajstić information content (AvgIpc) is 3.09. The van der Waals surface area contributed by atoms with Crippen LogP contribution in [0.3, 0.4) is 0 Å². The zero-order chi connectivity index (χ0) is 18.8. The lowest BCUT2D eigenvalue weighted by Crippen LogP contribution is -2.42. The van der Waals surface area contributed by atoms with Crippen molar-refractivity contribution in [3.05, 3.63) is 65.4 Å². The Balaban J connectivity index is 1.43. The molecule has 3 aromatic rings. The van der Waals surface area contributed by atoms with Gasteiger partial charge in [-0.3, -0.25) is 9.59 Å². The molecule has 1 aromatic heterocycles. The second-order valence-corrected chi connectivity index (χ2v) is 6.58. The van der Waals surface area contributed by atoms with Crippen molar-refractivity contribution in [2.45, 2.75) is 13.0 Å². The van der Waals surface area contributed by atoms with Gasteiger partial charge in [0, 0.05) is 41.7 Å². The van der Waals surface area contributed by atoms with Crippen LogP contribution in [0.15, 0.2) is 48.5 Å². The molecule has 0 bridgehead atoms. The van der Waals surface area contributed by atoms with E-state index in [1.54, 1.807) is 29.2 Å². The van der Waals surface area contributed by atoms with Gasteiger partial charge in [-0.05, 0) is 18.2 Å². The summed E-state index contributed by atoms with van der Waals surface area (Å²) in [5.41, 5.74) is 3.88. The van der Waals surface area contributed by atoms with Gasteiger partial charge in [0.1, 0.15) is 5.75 Å². The molecule has 138 valence electrons. The van der Waals surface area contributed by atoms with Crippen LogP contribution in [0.4, 0.5) is 0 Å². The van der Waals surface area contributed by atoms with Crippen LogP contribution in [0.5, 0.6) is 5.75 Å². The number of hydrogen-bond acceptors (Lipinski definition) is 3. The number of carbonyl (C=O) groups excluding carboxylic acids is 2. The topological polar surface area (TPSA) is 74.4 Å². The molecule has 2 amide bonds. The highest BCUT2D eigenvalue weighted by atomic mass is 16.5. The number of H-pyrrole nitrogens is 1. The molecule has 0 fully saturated rings. The van der Waals surface area contributed by atoms with Crippen molar-refractivity contribution >= 4 is 22.7 Å². The van der Waals surface area contributed by atoms with Gasteiger partial charge in [0.15, 0.2) is 0 Å². The lowest BCUT2D eigenvalue weighted by molar-refractivity contribution is -0.131. The van der Waals surface area contributed by atoms with Gasteiger partial charge in [0.2, 0.25) is 5.91 Å². The Morgan fingerprint density at radius 1 is 1.15 bits per heavy atom. The monoisotopic (exact) mass is 363 g/mol. The molecule has 6 heteroatoms. The van der Waals surface area contributed by atoms with Crippen molar-refractivity contribution in [3.63, 3.8) is 0 Å². The number of hydrogen-bond donors (Lipinski definition) is 2. The number of nitrogens with zero attached hydrogens (tertiary/aromatic N) is 1. The second-order valence-electron chi connectivity index (χ2n) is 6.58. The van der Waals surface area contributed by atoms with Crippen molar-refractivity contribution in [2.75, 3.05) is 20.2 Å². The summed E-state index contributed by atoms with van der Waals surface area (Å²) in [5.74, 6) is 0.0867. The van der Waals surface area contributed by atoms with Gasteiger partial charge < -0.3 is 19.9 Å². The van der Waals surface area contributed by atoms with Gasteiger partial charge in [-0.25, -0.2) is 0 Å². The molecular formula is C21H21N3O3. The summed E-state index contributed by atoms with van der Waals surface area (Å²) in [7, 11) is 1.52. The highest BCUT2D eigenvalue weighted by Crippen LogP contribution is 2.27. The van der Waals surface area contributed by atoms with E-state index in [0.29, 0.717) is 24.4 Å². The van der Waals surface area contributed by atoms with Crippen molar-refractivity contribution in [1.29, 1.82) is 0 Å². The first-order valence-electron chi connectivity index (χ1n) is 8.95. The summed E-state index contributed by atoms with van der Waals surface area (Å²) in [5, 5.41) is 3.86. The summed E-state index contributed by atoms with van der Waals surface area (Å²) in [6.45, 7) is 1.17. The lowest BCUT2D eigenvalue weighted by Gasteiger charge is -2.27. The van der Waals surface area contributed by atoms with Crippen LogP contribution in [0.2, 0.25) is 0 Å². The number of amides is 2. The zero-order valence-electron chi connectivity index (χ0n) is 15.1. The van der Waals surface area contributed by atoms with Gasteiger partial charge in [0.25, 0.3) is 5.91 Å². The molecule has 0 unspecified atom stereocenters. The van der Waals surface area contributed by atoms with E-state index in [0.717, 1.165) is 17.3 Å². The Morgan fingerprint density at radius 3 is 2.78 bits per heavy atom. The summed E-state index contributed by atoms with van der Waals surface area (Å²) < 4.78 is 5.20. The van der Waals surface area contributed by atoms with E-state index in [1.165, 1.54) is 18.4 Å².